The number of aliphatic imine (C=N–C) groups is 1. The molecule has 2 N–H and O–H groups in total. The minimum atomic E-state index is -0.0989. The number of hydrogen-bond donors (Lipinski definition) is 2. The lowest BCUT2D eigenvalue weighted by Crippen LogP contribution is -2.58. The summed E-state index contributed by atoms with van der Waals surface area (Å²) in [6.45, 7) is 6.91. The van der Waals surface area contributed by atoms with Gasteiger partial charge >= 0.3 is 0 Å². The van der Waals surface area contributed by atoms with Crippen LogP contribution in [-0.2, 0) is 6.54 Å². The van der Waals surface area contributed by atoms with Gasteiger partial charge in [-0.3, -0.25) is 4.99 Å². The summed E-state index contributed by atoms with van der Waals surface area (Å²) >= 11 is 6.15. The maximum atomic E-state index is 6.15. The second-order valence-corrected chi connectivity index (χ2v) is 8.38. The van der Waals surface area contributed by atoms with Gasteiger partial charge < -0.3 is 15.5 Å². The van der Waals surface area contributed by atoms with Gasteiger partial charge in [0.25, 0.3) is 0 Å². The second kappa shape index (κ2) is 8.76. The summed E-state index contributed by atoms with van der Waals surface area (Å²) in [6.07, 6.45) is 4.91. The molecule has 0 aromatic heterocycles. The van der Waals surface area contributed by atoms with Crippen molar-refractivity contribution in [1.82, 2.24) is 4.90 Å². The summed E-state index contributed by atoms with van der Waals surface area (Å²) in [5, 5.41) is 8.25. The second-order valence-electron chi connectivity index (χ2n) is 7.94. The molecule has 4 nitrogen and oxygen atoms in total. The van der Waals surface area contributed by atoms with Gasteiger partial charge in [-0.25, -0.2) is 0 Å². The van der Waals surface area contributed by atoms with E-state index >= 15 is 0 Å². The lowest BCUT2D eigenvalue weighted by molar-refractivity contribution is 0.192. The number of fused-ring (bicyclic) bond motifs is 1. The monoisotopic (exact) mass is 410 g/mol. The summed E-state index contributed by atoms with van der Waals surface area (Å²) in [6, 6.07) is 17.2. The highest BCUT2D eigenvalue weighted by Crippen LogP contribution is 2.39. The normalized spacial score (nSPS) is 21.6. The van der Waals surface area contributed by atoms with Crippen LogP contribution in [0.25, 0.3) is 0 Å². The number of amidine groups is 1. The maximum Gasteiger partial charge on any atom is 0.127 e. The third-order valence-corrected chi connectivity index (χ3v) is 6.27. The van der Waals surface area contributed by atoms with Crippen LogP contribution in [-0.4, -0.2) is 35.4 Å². The zero-order valence-electron chi connectivity index (χ0n) is 17.4. The Bertz CT molecular complexity index is 867. The first-order valence-electron chi connectivity index (χ1n) is 10.9. The molecule has 5 heteroatoms. The van der Waals surface area contributed by atoms with Crippen LogP contribution < -0.4 is 10.6 Å². The van der Waals surface area contributed by atoms with Crippen molar-refractivity contribution in [2.75, 3.05) is 23.7 Å². The minimum absolute atomic E-state index is 0.0989. The van der Waals surface area contributed by atoms with Gasteiger partial charge in [-0.05, 0) is 55.5 Å². The van der Waals surface area contributed by atoms with E-state index in [1.807, 2.05) is 32.0 Å². The average molecular weight is 411 g/mol. The van der Waals surface area contributed by atoms with Crippen LogP contribution in [0.15, 0.2) is 53.5 Å². The molecule has 0 unspecified atom stereocenters. The van der Waals surface area contributed by atoms with Crippen molar-refractivity contribution in [2.45, 2.75) is 57.7 Å². The Hall–Kier alpha value is -2.04. The topological polar surface area (TPSA) is 39.7 Å². The number of para-hydroxylation sites is 2. The van der Waals surface area contributed by atoms with Crippen molar-refractivity contribution in [3.8, 4) is 0 Å². The highest BCUT2D eigenvalue weighted by Gasteiger charge is 2.44. The molecule has 2 aromatic rings. The van der Waals surface area contributed by atoms with Crippen LogP contribution in [0.1, 0.15) is 45.1 Å². The standard InChI is InChI=1S/C22H25ClN4.C2H6/c23-17-5-3-4-16(14-17)15-24-21-22(10-12-27(13-11-22)18-8-9-18)26-20-7-2-1-6-19(20)25-21;1-2/h1-7,14,18,26H,8-13,15H2,(H,24,25);1-2H3. The number of nitrogens with zero attached hydrogens (tertiary/aromatic N) is 2. The first-order chi connectivity index (χ1) is 14.2. The van der Waals surface area contributed by atoms with Gasteiger partial charge in [0.1, 0.15) is 5.84 Å². The number of halogens is 1. The summed E-state index contributed by atoms with van der Waals surface area (Å²) in [4.78, 5) is 7.68. The number of likely N-dealkylation sites (tertiary alicyclic amines) is 1. The Kier molecular flexibility index (Phi) is 6.12. The zero-order chi connectivity index (χ0) is 20.3. The van der Waals surface area contributed by atoms with Crippen LogP contribution in [0.2, 0.25) is 5.02 Å². The van der Waals surface area contributed by atoms with Crippen LogP contribution in [0, 0.1) is 0 Å². The lowest BCUT2D eigenvalue weighted by Gasteiger charge is -2.46. The molecule has 154 valence electrons. The van der Waals surface area contributed by atoms with Gasteiger partial charge in [-0.1, -0.05) is 49.7 Å². The van der Waals surface area contributed by atoms with Crippen molar-refractivity contribution < 1.29 is 0 Å². The predicted octanol–water partition coefficient (Wildman–Crippen LogP) is 5.80. The van der Waals surface area contributed by atoms with Gasteiger partial charge in [0.15, 0.2) is 0 Å². The molecule has 1 saturated heterocycles. The Morgan fingerprint density at radius 2 is 1.76 bits per heavy atom. The van der Waals surface area contributed by atoms with E-state index in [1.165, 1.54) is 18.5 Å². The predicted molar refractivity (Wildman–Crippen MR) is 124 cm³/mol. The zero-order valence-corrected chi connectivity index (χ0v) is 18.2. The molecule has 3 aliphatic rings. The molecular formula is C24H31ClN4. The molecule has 2 fully saturated rings. The van der Waals surface area contributed by atoms with E-state index in [2.05, 4.69) is 45.9 Å². The Labute approximate surface area is 179 Å². The first kappa shape index (κ1) is 20.2. The fourth-order valence-corrected chi connectivity index (χ4v) is 4.55. The van der Waals surface area contributed by atoms with Gasteiger partial charge in [-0.2, -0.15) is 0 Å². The molecule has 0 atom stereocenters. The summed E-state index contributed by atoms with van der Waals surface area (Å²) in [5.74, 6) is 1.07. The van der Waals surface area contributed by atoms with E-state index in [0.29, 0.717) is 6.54 Å². The number of hydrogen-bond acceptors (Lipinski definition) is 3. The molecular weight excluding hydrogens is 380 g/mol. The molecule has 29 heavy (non-hydrogen) atoms. The smallest absolute Gasteiger partial charge is 0.127 e. The SMILES string of the molecule is CC.Clc1cccc(CN=C2Nc3ccccc3NC23CCN(C2CC2)CC3)c1. The largest absolute Gasteiger partial charge is 0.371 e. The highest BCUT2D eigenvalue weighted by molar-refractivity contribution is 6.30. The van der Waals surface area contributed by atoms with Crippen LogP contribution in [0.5, 0.6) is 0 Å². The van der Waals surface area contributed by atoms with E-state index in [9.17, 15) is 0 Å². The summed E-state index contributed by atoms with van der Waals surface area (Å²) in [5.41, 5.74) is 3.33. The molecule has 0 radical (unpaired) electrons. The van der Waals surface area contributed by atoms with Gasteiger partial charge in [0.05, 0.1) is 23.5 Å². The number of nitrogens with one attached hydrogen (secondary N) is 2. The van der Waals surface area contributed by atoms with Gasteiger partial charge in [0, 0.05) is 24.2 Å². The fraction of sp³-hybridized carbons (Fsp3) is 0.458. The van der Waals surface area contributed by atoms with Crippen LogP contribution >= 0.6 is 11.6 Å². The molecule has 2 aromatic carbocycles. The first-order valence-corrected chi connectivity index (χ1v) is 11.3. The number of anilines is 2. The molecule has 0 amide bonds. The third kappa shape index (κ3) is 4.44. The van der Waals surface area contributed by atoms with Crippen LogP contribution in [0.4, 0.5) is 11.4 Å². The van der Waals surface area contributed by atoms with Gasteiger partial charge in [0.2, 0.25) is 0 Å². The van der Waals surface area contributed by atoms with Crippen LogP contribution in [0.3, 0.4) is 0 Å². The fourth-order valence-electron chi connectivity index (χ4n) is 4.33. The lowest BCUT2D eigenvalue weighted by atomic mass is 9.83. The van der Waals surface area contributed by atoms with E-state index in [0.717, 1.165) is 54.1 Å². The molecule has 5 rings (SSSR count). The number of piperidine rings is 1. The summed E-state index contributed by atoms with van der Waals surface area (Å²) in [7, 11) is 0. The highest BCUT2D eigenvalue weighted by atomic mass is 35.5. The van der Waals surface area contributed by atoms with E-state index in [4.69, 9.17) is 16.6 Å². The molecule has 2 aliphatic heterocycles. The Morgan fingerprint density at radius 3 is 2.45 bits per heavy atom. The van der Waals surface area contributed by atoms with Crippen molar-refractivity contribution in [1.29, 1.82) is 0 Å². The van der Waals surface area contributed by atoms with Crippen molar-refractivity contribution in [3.63, 3.8) is 0 Å². The van der Waals surface area contributed by atoms with E-state index < -0.39 is 0 Å². The molecule has 0 bridgehead atoms. The van der Waals surface area contributed by atoms with Crippen molar-refractivity contribution in [3.05, 3.63) is 59.1 Å². The summed E-state index contributed by atoms with van der Waals surface area (Å²) < 4.78 is 0. The quantitative estimate of drug-likeness (QED) is 0.671. The molecule has 2 heterocycles. The van der Waals surface area contributed by atoms with E-state index in [-0.39, 0.29) is 5.54 Å². The van der Waals surface area contributed by atoms with E-state index in [1.54, 1.807) is 0 Å². The molecule has 1 spiro atoms. The average Bonchev–Trinajstić information content (AvgIpc) is 3.60. The third-order valence-electron chi connectivity index (χ3n) is 6.03. The minimum Gasteiger partial charge on any atom is -0.371 e. The van der Waals surface area contributed by atoms with Crippen molar-refractivity contribution in [2.24, 2.45) is 4.99 Å². The number of rotatable bonds is 3. The Morgan fingerprint density at radius 1 is 1.03 bits per heavy atom. The molecule has 1 saturated carbocycles. The maximum absolute atomic E-state index is 6.15. The number of benzene rings is 2. The molecule has 1 aliphatic carbocycles. The van der Waals surface area contributed by atoms with Gasteiger partial charge in [-0.15, -0.1) is 0 Å². The Balaban J connectivity index is 0.000000994. The van der Waals surface area contributed by atoms with Crippen molar-refractivity contribution >= 4 is 28.8 Å².